The van der Waals surface area contributed by atoms with Gasteiger partial charge in [-0.25, -0.2) is 4.39 Å². The Balaban J connectivity index is 1.99. The topological polar surface area (TPSA) is 69.6 Å². The van der Waals surface area contributed by atoms with Crippen LogP contribution >= 0.6 is 0 Å². The summed E-state index contributed by atoms with van der Waals surface area (Å²) in [7, 11) is 0. The molecule has 3 N–H and O–H groups in total. The van der Waals surface area contributed by atoms with E-state index in [1.807, 2.05) is 0 Å². The predicted octanol–water partition coefficient (Wildman–Crippen LogP) is 2.20. The Labute approximate surface area is 117 Å². The highest BCUT2D eigenvalue weighted by Crippen LogP contribution is 2.31. The zero-order valence-corrected chi connectivity index (χ0v) is 11.5. The predicted molar refractivity (Wildman–Crippen MR) is 73.0 cm³/mol. The third-order valence-corrected chi connectivity index (χ3v) is 4.00. The summed E-state index contributed by atoms with van der Waals surface area (Å²) >= 11 is 0. The van der Waals surface area contributed by atoms with E-state index in [1.54, 1.807) is 0 Å². The summed E-state index contributed by atoms with van der Waals surface area (Å²) in [6, 6.07) is 3.71. The first-order chi connectivity index (χ1) is 9.41. The summed E-state index contributed by atoms with van der Waals surface area (Å²) in [6.45, 7) is 2.21. The second-order valence-electron chi connectivity index (χ2n) is 5.72. The third kappa shape index (κ3) is 3.28. The number of halogens is 1. The number of hydrogen-bond acceptors (Lipinski definition) is 3. The highest BCUT2D eigenvalue weighted by Gasteiger charge is 2.32. The van der Waals surface area contributed by atoms with Crippen molar-refractivity contribution in [1.82, 2.24) is 5.32 Å². The molecule has 1 aliphatic carbocycles. The number of amides is 1. The van der Waals surface area contributed by atoms with Crippen molar-refractivity contribution in [2.45, 2.75) is 38.2 Å². The normalized spacial score (nSPS) is 26.2. The summed E-state index contributed by atoms with van der Waals surface area (Å²) in [5.41, 5.74) is -1.30. The van der Waals surface area contributed by atoms with E-state index in [4.69, 9.17) is 0 Å². The molecule has 0 aliphatic heterocycles. The molecule has 1 aliphatic rings. The fourth-order valence-corrected chi connectivity index (χ4v) is 2.55. The van der Waals surface area contributed by atoms with Crippen molar-refractivity contribution >= 4 is 5.91 Å². The maximum atomic E-state index is 13.5. The SMILES string of the molecule is CC1CCC(O)(CNC(=O)c2c(O)cccc2F)CC1. The number of carbonyl (C=O) groups excluding carboxylic acids is 1. The summed E-state index contributed by atoms with van der Waals surface area (Å²) in [4.78, 5) is 11.9. The summed E-state index contributed by atoms with van der Waals surface area (Å²) in [6.07, 6.45) is 3.07. The molecule has 1 aromatic carbocycles. The van der Waals surface area contributed by atoms with Gasteiger partial charge in [-0.2, -0.15) is 0 Å². The Hall–Kier alpha value is -1.62. The van der Waals surface area contributed by atoms with Crippen LogP contribution in [-0.4, -0.2) is 28.3 Å². The number of aliphatic hydroxyl groups is 1. The molecule has 0 saturated heterocycles. The molecule has 2 rings (SSSR count). The summed E-state index contributed by atoms with van der Waals surface area (Å²) in [5, 5.41) is 22.4. The lowest BCUT2D eigenvalue weighted by Gasteiger charge is -2.34. The number of benzene rings is 1. The van der Waals surface area contributed by atoms with Gasteiger partial charge < -0.3 is 15.5 Å². The molecule has 1 aromatic rings. The van der Waals surface area contributed by atoms with Gasteiger partial charge in [0.15, 0.2) is 0 Å². The van der Waals surface area contributed by atoms with Crippen LogP contribution < -0.4 is 5.32 Å². The van der Waals surface area contributed by atoms with E-state index in [2.05, 4.69) is 12.2 Å². The van der Waals surface area contributed by atoms with Crippen LogP contribution in [0.2, 0.25) is 0 Å². The Morgan fingerprint density at radius 3 is 2.70 bits per heavy atom. The lowest BCUT2D eigenvalue weighted by molar-refractivity contribution is -0.00545. The minimum Gasteiger partial charge on any atom is -0.507 e. The smallest absolute Gasteiger partial charge is 0.258 e. The van der Waals surface area contributed by atoms with Crippen LogP contribution in [-0.2, 0) is 0 Å². The fraction of sp³-hybridized carbons (Fsp3) is 0.533. The highest BCUT2D eigenvalue weighted by atomic mass is 19.1. The van der Waals surface area contributed by atoms with Gasteiger partial charge in [0.25, 0.3) is 5.91 Å². The van der Waals surface area contributed by atoms with Crippen LogP contribution in [0.15, 0.2) is 18.2 Å². The molecule has 1 amide bonds. The average Bonchev–Trinajstić information content (AvgIpc) is 2.40. The van der Waals surface area contributed by atoms with E-state index < -0.39 is 23.1 Å². The van der Waals surface area contributed by atoms with E-state index in [-0.39, 0.29) is 12.1 Å². The average molecular weight is 281 g/mol. The molecule has 1 saturated carbocycles. The molecule has 20 heavy (non-hydrogen) atoms. The van der Waals surface area contributed by atoms with Gasteiger partial charge in [-0.05, 0) is 43.7 Å². The van der Waals surface area contributed by atoms with E-state index in [1.165, 1.54) is 12.1 Å². The van der Waals surface area contributed by atoms with Crippen molar-refractivity contribution < 1.29 is 19.4 Å². The summed E-state index contributed by atoms with van der Waals surface area (Å²) in [5.74, 6) is -1.28. The first-order valence-corrected chi connectivity index (χ1v) is 6.89. The van der Waals surface area contributed by atoms with Crippen molar-refractivity contribution in [2.24, 2.45) is 5.92 Å². The van der Waals surface area contributed by atoms with Gasteiger partial charge in [0.2, 0.25) is 0 Å². The van der Waals surface area contributed by atoms with Gasteiger partial charge in [-0.15, -0.1) is 0 Å². The van der Waals surface area contributed by atoms with E-state index >= 15 is 0 Å². The van der Waals surface area contributed by atoms with Crippen LogP contribution in [0.25, 0.3) is 0 Å². The minimum absolute atomic E-state index is 0.0757. The molecule has 0 aromatic heterocycles. The fourth-order valence-electron chi connectivity index (χ4n) is 2.55. The van der Waals surface area contributed by atoms with E-state index in [9.17, 15) is 19.4 Å². The Morgan fingerprint density at radius 2 is 2.10 bits per heavy atom. The van der Waals surface area contributed by atoms with Crippen molar-refractivity contribution in [3.8, 4) is 5.75 Å². The molecule has 0 spiro atoms. The molecule has 5 heteroatoms. The van der Waals surface area contributed by atoms with Gasteiger partial charge in [0, 0.05) is 6.54 Å². The second-order valence-corrected chi connectivity index (χ2v) is 5.72. The minimum atomic E-state index is -0.928. The molecule has 110 valence electrons. The van der Waals surface area contributed by atoms with Crippen LogP contribution in [0.5, 0.6) is 5.75 Å². The van der Waals surface area contributed by atoms with Gasteiger partial charge in [0.05, 0.1) is 5.60 Å². The molecule has 1 fully saturated rings. The van der Waals surface area contributed by atoms with Crippen molar-refractivity contribution in [2.75, 3.05) is 6.54 Å². The van der Waals surface area contributed by atoms with Gasteiger partial charge >= 0.3 is 0 Å². The Morgan fingerprint density at radius 1 is 1.45 bits per heavy atom. The number of phenolic OH excluding ortho intramolecular Hbond substituents is 1. The molecule has 0 unspecified atom stereocenters. The molecular formula is C15H20FNO3. The van der Waals surface area contributed by atoms with Gasteiger partial charge in [0.1, 0.15) is 17.1 Å². The zero-order chi connectivity index (χ0) is 14.8. The molecular weight excluding hydrogens is 261 g/mol. The third-order valence-electron chi connectivity index (χ3n) is 4.00. The molecule has 0 radical (unpaired) electrons. The number of phenols is 1. The number of nitrogens with one attached hydrogen (secondary N) is 1. The second kappa shape index (κ2) is 5.79. The van der Waals surface area contributed by atoms with Crippen LogP contribution in [0.1, 0.15) is 43.0 Å². The van der Waals surface area contributed by atoms with Crippen molar-refractivity contribution in [3.63, 3.8) is 0 Å². The van der Waals surface area contributed by atoms with Gasteiger partial charge in [-0.1, -0.05) is 13.0 Å². The number of carbonyl (C=O) groups is 1. The Bertz CT molecular complexity index is 476. The lowest BCUT2D eigenvalue weighted by Crippen LogP contribution is -2.45. The molecule has 4 nitrogen and oxygen atoms in total. The largest absolute Gasteiger partial charge is 0.507 e. The van der Waals surface area contributed by atoms with Crippen LogP contribution in [0.3, 0.4) is 0 Å². The molecule has 0 heterocycles. The first kappa shape index (κ1) is 14.8. The summed E-state index contributed by atoms with van der Waals surface area (Å²) < 4.78 is 13.5. The first-order valence-electron chi connectivity index (χ1n) is 6.89. The standard InChI is InChI=1S/C15H20FNO3/c1-10-5-7-15(20,8-6-10)9-17-14(19)13-11(16)3-2-4-12(13)18/h2-4,10,18,20H,5-9H2,1H3,(H,17,19). The van der Waals surface area contributed by atoms with Crippen LogP contribution in [0, 0.1) is 11.7 Å². The lowest BCUT2D eigenvalue weighted by atomic mass is 9.79. The zero-order valence-electron chi connectivity index (χ0n) is 11.5. The van der Waals surface area contributed by atoms with E-state index in [0.29, 0.717) is 18.8 Å². The maximum absolute atomic E-state index is 13.5. The van der Waals surface area contributed by atoms with Crippen molar-refractivity contribution in [3.05, 3.63) is 29.6 Å². The number of hydrogen-bond donors (Lipinski definition) is 3. The monoisotopic (exact) mass is 281 g/mol. The van der Waals surface area contributed by atoms with Crippen LogP contribution in [0.4, 0.5) is 4.39 Å². The Kier molecular flexibility index (Phi) is 4.28. The van der Waals surface area contributed by atoms with Gasteiger partial charge in [-0.3, -0.25) is 4.79 Å². The molecule has 0 bridgehead atoms. The maximum Gasteiger partial charge on any atom is 0.258 e. The quantitative estimate of drug-likeness (QED) is 0.795. The highest BCUT2D eigenvalue weighted by molar-refractivity contribution is 5.97. The van der Waals surface area contributed by atoms with Crippen molar-refractivity contribution in [1.29, 1.82) is 0 Å². The van der Waals surface area contributed by atoms with E-state index in [0.717, 1.165) is 18.9 Å². The molecule has 0 atom stereocenters. The number of rotatable bonds is 3. The number of aromatic hydroxyl groups is 1.